The van der Waals surface area contributed by atoms with E-state index in [2.05, 4.69) is 126 Å². The Bertz CT molecular complexity index is 5070. The first-order chi connectivity index (χ1) is 69.5. The first-order valence-corrected chi connectivity index (χ1v) is 49.3. The van der Waals surface area contributed by atoms with Crippen molar-refractivity contribution in [1.82, 2.24) is 106 Å². The second-order valence-corrected chi connectivity index (χ2v) is 35.6. The lowest BCUT2D eigenvalue weighted by atomic mass is 9.97. The molecular weight excluding hydrogens is 1940 g/mol. The Hall–Kier alpha value is -15.0. The zero-order valence-electron chi connectivity index (χ0n) is 81.5. The normalized spacial score (nSPS) is 14.7. The van der Waals surface area contributed by atoms with Gasteiger partial charge in [-0.3, -0.25) is 88.8 Å². The van der Waals surface area contributed by atoms with Crippen molar-refractivity contribution in [2.75, 3.05) is 70.4 Å². The number of primary amides is 2. The highest BCUT2D eigenvalue weighted by Crippen LogP contribution is 2.25. The standard InChI is InChI=1S/C92H144N32O20S2/c1-51(125)111-59(22-9-39-105-87(95)96)73(128)113-63(24-11-41-107-89(99)100)77(132)120-69(48-55-18-8-17-54-16-2-3-19-58(54)55)81(136)123-71(50-146)83(138)119-67(46-52-29-33-56(126)34-30-52)79(134)115-62(25-12-43-109-91(103)143)74(129)112-60(20-4-6-37-93)76(131)117-65(21-5-7-38-94)85(140)124-45-15-28-72(124)84(139)121-68(47-53-31-35-57(127)36-32-53)80(135)116-61(23-10-40-106-88(97)98)75(130)114-64(26-13-44-110-92(104)144)78(133)122-70(49-145)82(137)118-66(86(141)142)27-14-42-108-90(101)102/h2-3,8,16-19,29-36,59-72,126-127,145-146H,4-7,9-15,20-28,37-50,93-94H2,1H3,(H,111,125)(H,112,129)(H,113,128)(H,114,130)(H,115,134)(H,116,135)(H,117,131)(H,118,137)(H,119,138)(H,120,132)(H,121,139)(H,122,133)(H,123,136)(H,141,142)(H4,95,96,105)(H4,97,98,106)(H4,99,100,107)(H4,101,102,108)(H3,103,109,143)(H3,104,110,144)/t59-,60-,61-,62-,63-,64-,65+,66-,67-,68-,69-,70-,71-,72-/m0/s1. The van der Waals surface area contributed by atoms with E-state index >= 15 is 38.4 Å². The van der Waals surface area contributed by atoms with Crippen LogP contribution in [0, 0.1) is 21.6 Å². The maximum Gasteiger partial charge on any atom is 0.326 e. The van der Waals surface area contributed by atoms with Gasteiger partial charge in [0.2, 0.25) is 82.7 Å². The monoisotopic (exact) mass is 2080 g/mol. The number of thiol groups is 2. The summed E-state index contributed by atoms with van der Waals surface area (Å²) in [4.78, 5) is 243. The number of hydrogen-bond acceptors (Lipinski definition) is 27. The lowest BCUT2D eigenvalue weighted by Crippen LogP contribution is -2.61. The summed E-state index contributed by atoms with van der Waals surface area (Å²) in [5, 5.41) is 112. The largest absolute Gasteiger partial charge is 0.508 e. The van der Waals surface area contributed by atoms with Crippen molar-refractivity contribution in [2.45, 2.75) is 239 Å². The number of carboxylic acid groups (broad SMARTS) is 1. The van der Waals surface area contributed by atoms with Crippen LogP contribution in [-0.2, 0) is 91.2 Å². The van der Waals surface area contributed by atoms with E-state index in [1.165, 1.54) is 60.4 Å². The molecular formula is C92H144N32O20S2. The number of nitrogens with two attached hydrogens (primary N) is 8. The van der Waals surface area contributed by atoms with E-state index in [1.54, 1.807) is 30.3 Å². The van der Waals surface area contributed by atoms with Crippen molar-refractivity contribution in [3.8, 4) is 11.5 Å². The van der Waals surface area contributed by atoms with E-state index in [4.69, 9.17) is 67.5 Å². The van der Waals surface area contributed by atoms with Crippen LogP contribution in [0.1, 0.15) is 152 Å². The molecule has 0 radical (unpaired) electrons. The minimum Gasteiger partial charge on any atom is -0.508 e. The highest BCUT2D eigenvalue weighted by Gasteiger charge is 2.42. The number of unbranched alkanes of at least 4 members (excludes halogenated alkanes) is 2. The fourth-order valence-electron chi connectivity index (χ4n) is 15.7. The minimum absolute atomic E-state index is 0.00582. The van der Waals surface area contributed by atoms with E-state index in [1.807, 2.05) is 12.1 Å². The van der Waals surface area contributed by atoms with Crippen LogP contribution in [-0.4, -0.2) is 300 Å². The molecule has 1 aliphatic rings. The number of phenols is 2. The zero-order valence-corrected chi connectivity index (χ0v) is 83.3. The van der Waals surface area contributed by atoms with E-state index in [-0.39, 0.29) is 223 Å². The third kappa shape index (κ3) is 45.3. The van der Waals surface area contributed by atoms with E-state index in [0.717, 1.165) is 5.39 Å². The number of guanidine groups is 4. The Morgan fingerprint density at radius 3 is 1.00 bits per heavy atom. The van der Waals surface area contributed by atoms with Crippen molar-refractivity contribution in [3.05, 3.63) is 108 Å². The number of carbonyl (C=O) groups is 17. The maximum atomic E-state index is 15.4. The molecule has 52 nitrogen and oxygen atoms in total. The van der Waals surface area contributed by atoms with Crippen molar-refractivity contribution in [2.24, 2.45) is 45.9 Å². The molecule has 0 aliphatic carbocycles. The Balaban J connectivity index is 1.48. The Labute approximate surface area is 855 Å². The molecule has 0 aromatic heterocycles. The Morgan fingerprint density at radius 2 is 0.644 bits per heavy atom. The van der Waals surface area contributed by atoms with Crippen molar-refractivity contribution in [3.63, 3.8) is 0 Å². The quantitative estimate of drug-likeness (QED) is 0.00846. The first-order valence-electron chi connectivity index (χ1n) is 48.0. The van der Waals surface area contributed by atoms with Gasteiger partial charge in [0.25, 0.3) is 0 Å². The lowest BCUT2D eigenvalue weighted by molar-refractivity contribution is -0.142. The number of fused-ring (bicyclic) bond motifs is 1. The number of carbonyl (C=O) groups excluding carboxylic acids is 16. The third-order valence-corrected chi connectivity index (χ3v) is 24.0. The SMILES string of the molecule is CC(=O)N[C@@H](CCCNC(=N)N)C(=O)N[C@@H](CCCNC(=N)N)C(=O)N[C@@H](Cc1cccc2ccccc12)C(=O)N[C@@H](CS)C(=O)N[C@@H](Cc1ccc(O)cc1)C(=O)N[C@@H](CCCNC(N)=O)C(=O)N[C@@H](CCCCN)C(=O)N[C@H](CCCCN)C(=O)N1CCC[C@H]1C(=O)N[C@@H](Cc1ccc(O)cc1)C(=O)N[C@@H](CCCNC(=N)N)C(=O)N[C@@H](CCCNC(N)=O)C(=O)N[C@@H](CS)C(=O)N[C@@H](CCCNC(=N)N)C(=O)O. The topological polar surface area (TPSA) is 886 Å². The van der Waals surface area contributed by atoms with Crippen LogP contribution in [0.15, 0.2) is 91.0 Å². The lowest BCUT2D eigenvalue weighted by Gasteiger charge is -2.31. The number of benzene rings is 4. The number of aromatic hydroxyl groups is 2. The molecule has 146 heavy (non-hydrogen) atoms. The molecule has 1 fully saturated rings. The number of nitrogens with zero attached hydrogens (tertiary/aromatic N) is 1. The molecule has 1 saturated heterocycles. The number of aliphatic carboxylic acids is 1. The average Bonchev–Trinajstić information content (AvgIpc) is 1.66. The first kappa shape index (κ1) is 122. The van der Waals surface area contributed by atoms with Gasteiger partial charge in [-0.05, 0) is 193 Å². The third-order valence-electron chi connectivity index (χ3n) is 23.3. The van der Waals surface area contributed by atoms with E-state index in [0.29, 0.717) is 34.9 Å². The minimum atomic E-state index is -1.68. The van der Waals surface area contributed by atoms with Gasteiger partial charge in [0, 0.05) is 83.5 Å². The molecule has 0 spiro atoms. The highest BCUT2D eigenvalue weighted by molar-refractivity contribution is 7.80. The number of rotatable bonds is 67. The van der Waals surface area contributed by atoms with Gasteiger partial charge in [-0.1, -0.05) is 66.7 Å². The van der Waals surface area contributed by atoms with Crippen LogP contribution in [0.3, 0.4) is 0 Å². The predicted octanol–water partition coefficient (Wildman–Crippen LogP) is -6.26. The number of carboxylic acids is 1. The van der Waals surface area contributed by atoms with Gasteiger partial charge in [-0.2, -0.15) is 25.3 Å². The van der Waals surface area contributed by atoms with Crippen LogP contribution in [0.4, 0.5) is 9.59 Å². The number of phenolic OH excluding ortho intramolecular Hbond substituents is 2. The summed E-state index contributed by atoms with van der Waals surface area (Å²) in [5.74, 6) is -17.1. The van der Waals surface area contributed by atoms with Gasteiger partial charge in [0.15, 0.2) is 23.8 Å². The van der Waals surface area contributed by atoms with Crippen LogP contribution in [0.25, 0.3) is 10.8 Å². The molecule has 804 valence electrons. The summed E-state index contributed by atoms with van der Waals surface area (Å²) < 4.78 is 0. The number of urea groups is 2. The van der Waals surface area contributed by atoms with Gasteiger partial charge in [-0.25, -0.2) is 14.4 Å². The second kappa shape index (κ2) is 65.3. The van der Waals surface area contributed by atoms with Gasteiger partial charge in [0.05, 0.1) is 0 Å². The summed E-state index contributed by atoms with van der Waals surface area (Å²) in [6.07, 6.45) is -0.657. The van der Waals surface area contributed by atoms with Gasteiger partial charge in [-0.15, -0.1) is 0 Å². The summed E-state index contributed by atoms with van der Waals surface area (Å²) >= 11 is 8.69. The number of hydrogen-bond donors (Lipinski definition) is 36. The van der Waals surface area contributed by atoms with Crippen LogP contribution in [0.5, 0.6) is 11.5 Å². The van der Waals surface area contributed by atoms with Crippen LogP contribution < -0.4 is 147 Å². The smallest absolute Gasteiger partial charge is 0.326 e. The number of likely N-dealkylation sites (tertiary alicyclic amines) is 1. The zero-order chi connectivity index (χ0) is 108. The highest BCUT2D eigenvalue weighted by atomic mass is 32.1. The predicted molar refractivity (Wildman–Crippen MR) is 548 cm³/mol. The maximum absolute atomic E-state index is 15.4. The number of nitrogens with one attached hydrogen (secondary N) is 23. The molecule has 4 aromatic carbocycles. The van der Waals surface area contributed by atoms with Gasteiger partial charge < -0.3 is 167 Å². The average molecular weight is 2080 g/mol. The summed E-state index contributed by atoms with van der Waals surface area (Å²) in [6, 6.07) is 0.259. The van der Waals surface area contributed by atoms with Crippen LogP contribution in [0.2, 0.25) is 0 Å². The molecule has 42 N–H and O–H groups in total. The summed E-state index contributed by atoms with van der Waals surface area (Å²) in [7, 11) is 0. The van der Waals surface area contributed by atoms with Crippen LogP contribution >= 0.6 is 25.3 Å². The Kier molecular flexibility index (Phi) is 54.4. The van der Waals surface area contributed by atoms with E-state index < -0.39 is 203 Å². The van der Waals surface area contributed by atoms with Gasteiger partial charge >= 0.3 is 18.0 Å². The van der Waals surface area contributed by atoms with E-state index in [9.17, 15) is 58.5 Å². The fraction of sp³-hybridized carbons (Fsp3) is 0.533. The summed E-state index contributed by atoms with van der Waals surface area (Å²) in [5.41, 5.74) is 45.9. The number of amides is 18. The molecule has 0 unspecified atom stereocenters. The molecule has 0 saturated carbocycles. The molecule has 1 aliphatic heterocycles. The summed E-state index contributed by atoms with van der Waals surface area (Å²) in [6.45, 7) is 1.31. The Morgan fingerprint density at radius 1 is 0.349 bits per heavy atom. The molecule has 0 bridgehead atoms. The second-order valence-electron chi connectivity index (χ2n) is 34.8. The molecule has 4 aromatic rings. The fourth-order valence-corrected chi connectivity index (χ4v) is 16.2. The molecule has 5 rings (SSSR count). The molecule has 1 heterocycles. The molecule has 14 atom stereocenters. The van der Waals surface area contributed by atoms with Crippen molar-refractivity contribution >= 4 is 161 Å². The molecule has 18 amide bonds. The molecule has 54 heteroatoms. The van der Waals surface area contributed by atoms with Crippen molar-refractivity contribution in [1.29, 1.82) is 21.6 Å². The van der Waals surface area contributed by atoms with Gasteiger partial charge in [0.1, 0.15) is 96.1 Å². The van der Waals surface area contributed by atoms with Crippen molar-refractivity contribution < 1.29 is 96.8 Å².